The fourth-order valence-corrected chi connectivity index (χ4v) is 1.95. The van der Waals surface area contributed by atoms with E-state index in [0.717, 1.165) is 16.6 Å². The summed E-state index contributed by atoms with van der Waals surface area (Å²) in [5, 5.41) is 15.1. The smallest absolute Gasteiger partial charge is 0.128 e. The molecule has 0 atom stereocenters. The van der Waals surface area contributed by atoms with Crippen LogP contribution in [0.25, 0.3) is 10.9 Å². The van der Waals surface area contributed by atoms with Crippen molar-refractivity contribution < 1.29 is 9.50 Å². The molecule has 0 amide bonds. The minimum Gasteiger partial charge on any atom is -0.389 e. The second kappa shape index (κ2) is 3.81. The van der Waals surface area contributed by atoms with Gasteiger partial charge in [0, 0.05) is 11.5 Å². The molecule has 2 aromatic rings. The van der Waals surface area contributed by atoms with Gasteiger partial charge in [0.05, 0.1) is 23.4 Å². The highest BCUT2D eigenvalue weighted by Crippen LogP contribution is 2.23. The third-order valence-corrected chi connectivity index (χ3v) is 2.75. The predicted octanol–water partition coefficient (Wildman–Crippen LogP) is 2.56. The molecular weight excluding hydrogens is 219 g/mol. The highest BCUT2D eigenvalue weighted by molar-refractivity contribution is 5.82. The molecular formula is C13H17FN2O. The van der Waals surface area contributed by atoms with Crippen molar-refractivity contribution in [2.45, 2.75) is 39.8 Å². The van der Waals surface area contributed by atoms with Crippen LogP contribution < -0.4 is 0 Å². The number of halogens is 1. The number of nitrogens with zero attached hydrogens (tertiary/aromatic N) is 2. The van der Waals surface area contributed by atoms with Crippen molar-refractivity contribution in [3.63, 3.8) is 0 Å². The first kappa shape index (κ1) is 12.0. The molecule has 1 heterocycles. The van der Waals surface area contributed by atoms with Crippen LogP contribution in [0.3, 0.4) is 0 Å². The second-order valence-corrected chi connectivity index (χ2v) is 5.17. The van der Waals surface area contributed by atoms with Crippen LogP contribution in [0.15, 0.2) is 12.1 Å². The van der Waals surface area contributed by atoms with E-state index in [4.69, 9.17) is 0 Å². The summed E-state index contributed by atoms with van der Waals surface area (Å²) >= 11 is 0. The van der Waals surface area contributed by atoms with E-state index in [1.807, 2.05) is 6.92 Å². The molecule has 2 rings (SSSR count). The Kier molecular flexibility index (Phi) is 2.70. The van der Waals surface area contributed by atoms with Gasteiger partial charge in [-0.05, 0) is 39.3 Å². The number of hydrogen-bond donors (Lipinski definition) is 1. The Morgan fingerprint density at radius 3 is 2.59 bits per heavy atom. The van der Waals surface area contributed by atoms with Crippen LogP contribution in [0.5, 0.6) is 0 Å². The third-order valence-electron chi connectivity index (χ3n) is 2.75. The molecule has 17 heavy (non-hydrogen) atoms. The van der Waals surface area contributed by atoms with E-state index in [1.165, 1.54) is 6.07 Å². The molecule has 1 N–H and O–H groups in total. The lowest BCUT2D eigenvalue weighted by Crippen LogP contribution is -2.26. The van der Waals surface area contributed by atoms with Gasteiger partial charge in [0.1, 0.15) is 5.82 Å². The summed E-state index contributed by atoms with van der Waals surface area (Å²) in [5.41, 5.74) is 1.33. The van der Waals surface area contributed by atoms with Crippen LogP contribution in [0, 0.1) is 19.7 Å². The molecule has 0 unspecified atom stereocenters. The Morgan fingerprint density at radius 2 is 2.00 bits per heavy atom. The number of aromatic nitrogens is 2. The van der Waals surface area contributed by atoms with Crippen LogP contribution in [0.4, 0.5) is 4.39 Å². The van der Waals surface area contributed by atoms with Crippen LogP contribution in [-0.4, -0.2) is 20.5 Å². The minimum absolute atomic E-state index is 0.241. The number of aliphatic hydroxyl groups is 1. The van der Waals surface area contributed by atoms with Crippen LogP contribution in [0.2, 0.25) is 0 Å². The number of benzene rings is 1. The zero-order valence-electron chi connectivity index (χ0n) is 10.6. The molecule has 1 aromatic carbocycles. The quantitative estimate of drug-likeness (QED) is 0.870. The van der Waals surface area contributed by atoms with E-state index in [2.05, 4.69) is 5.10 Å². The van der Waals surface area contributed by atoms with Gasteiger partial charge >= 0.3 is 0 Å². The molecule has 0 aliphatic carbocycles. The van der Waals surface area contributed by atoms with E-state index >= 15 is 0 Å². The van der Waals surface area contributed by atoms with Crippen molar-refractivity contribution >= 4 is 10.9 Å². The average molecular weight is 236 g/mol. The lowest BCUT2D eigenvalue weighted by molar-refractivity contribution is 0.0590. The van der Waals surface area contributed by atoms with Crippen LogP contribution in [-0.2, 0) is 6.54 Å². The van der Waals surface area contributed by atoms with E-state index in [0.29, 0.717) is 12.1 Å². The molecule has 0 saturated carbocycles. The molecule has 0 fully saturated rings. The normalized spacial score (nSPS) is 12.4. The largest absolute Gasteiger partial charge is 0.389 e. The molecule has 0 aliphatic heterocycles. The Hall–Kier alpha value is -1.42. The SMILES string of the molecule is Cc1cc2c(C)nn(CC(C)(C)O)c2cc1F. The molecule has 92 valence electrons. The summed E-state index contributed by atoms with van der Waals surface area (Å²) < 4.78 is 15.2. The topological polar surface area (TPSA) is 38.0 Å². The first-order valence-corrected chi connectivity index (χ1v) is 5.63. The van der Waals surface area contributed by atoms with Gasteiger partial charge in [-0.25, -0.2) is 4.39 Å². The maximum absolute atomic E-state index is 13.6. The zero-order valence-corrected chi connectivity index (χ0v) is 10.6. The van der Waals surface area contributed by atoms with E-state index in [9.17, 15) is 9.50 Å². The molecule has 1 aromatic heterocycles. The highest BCUT2D eigenvalue weighted by Gasteiger charge is 2.17. The van der Waals surface area contributed by atoms with Crippen LogP contribution >= 0.6 is 0 Å². The summed E-state index contributed by atoms with van der Waals surface area (Å²) in [7, 11) is 0. The molecule has 4 heteroatoms. The van der Waals surface area contributed by atoms with Crippen molar-refractivity contribution in [2.24, 2.45) is 0 Å². The molecule has 0 aliphatic rings. The maximum Gasteiger partial charge on any atom is 0.128 e. The van der Waals surface area contributed by atoms with Gasteiger partial charge in [-0.3, -0.25) is 4.68 Å². The summed E-state index contributed by atoms with van der Waals surface area (Å²) in [6.45, 7) is 7.39. The monoisotopic (exact) mass is 236 g/mol. The van der Waals surface area contributed by atoms with E-state index < -0.39 is 5.60 Å². The fourth-order valence-electron chi connectivity index (χ4n) is 1.95. The lowest BCUT2D eigenvalue weighted by Gasteiger charge is -2.17. The number of fused-ring (bicyclic) bond motifs is 1. The Bertz CT molecular complexity index is 567. The Balaban J connectivity index is 2.62. The summed E-state index contributed by atoms with van der Waals surface area (Å²) in [6, 6.07) is 3.28. The lowest BCUT2D eigenvalue weighted by atomic mass is 10.1. The molecule has 0 radical (unpaired) electrons. The first-order valence-electron chi connectivity index (χ1n) is 5.63. The predicted molar refractivity (Wildman–Crippen MR) is 65.5 cm³/mol. The summed E-state index contributed by atoms with van der Waals surface area (Å²) in [6.07, 6.45) is 0. The van der Waals surface area contributed by atoms with Crippen molar-refractivity contribution in [3.05, 3.63) is 29.2 Å². The van der Waals surface area contributed by atoms with E-state index in [1.54, 1.807) is 31.5 Å². The Labute approximate surface area is 99.9 Å². The standard InChI is InChI=1S/C13H17FN2O/c1-8-5-10-9(2)15-16(7-13(3,4)17)12(10)6-11(8)14/h5-6,17H,7H2,1-4H3. The van der Waals surface area contributed by atoms with Gasteiger partial charge in [0.2, 0.25) is 0 Å². The fraction of sp³-hybridized carbons (Fsp3) is 0.462. The van der Waals surface area contributed by atoms with Gasteiger partial charge in [0.25, 0.3) is 0 Å². The molecule has 0 spiro atoms. The summed E-state index contributed by atoms with van der Waals surface area (Å²) in [5.74, 6) is -0.241. The molecule has 0 saturated heterocycles. The van der Waals surface area contributed by atoms with Crippen molar-refractivity contribution in [3.8, 4) is 0 Å². The highest BCUT2D eigenvalue weighted by atomic mass is 19.1. The number of aryl methyl sites for hydroxylation is 2. The first-order chi connectivity index (χ1) is 7.78. The molecule has 0 bridgehead atoms. The third kappa shape index (κ3) is 2.31. The van der Waals surface area contributed by atoms with Crippen LogP contribution in [0.1, 0.15) is 25.1 Å². The van der Waals surface area contributed by atoms with Crippen molar-refractivity contribution in [1.29, 1.82) is 0 Å². The van der Waals surface area contributed by atoms with E-state index in [-0.39, 0.29) is 5.82 Å². The Morgan fingerprint density at radius 1 is 1.35 bits per heavy atom. The number of hydrogen-bond acceptors (Lipinski definition) is 2. The van der Waals surface area contributed by atoms with Crippen molar-refractivity contribution in [2.75, 3.05) is 0 Å². The average Bonchev–Trinajstić information content (AvgIpc) is 2.43. The second-order valence-electron chi connectivity index (χ2n) is 5.17. The van der Waals surface area contributed by atoms with Gasteiger partial charge in [-0.1, -0.05) is 0 Å². The number of rotatable bonds is 2. The van der Waals surface area contributed by atoms with Gasteiger partial charge in [0.15, 0.2) is 0 Å². The molecule has 3 nitrogen and oxygen atoms in total. The summed E-state index contributed by atoms with van der Waals surface area (Å²) in [4.78, 5) is 0. The van der Waals surface area contributed by atoms with Crippen molar-refractivity contribution in [1.82, 2.24) is 9.78 Å². The van der Waals surface area contributed by atoms with Gasteiger partial charge < -0.3 is 5.11 Å². The zero-order chi connectivity index (χ0) is 12.8. The maximum atomic E-state index is 13.6. The minimum atomic E-state index is -0.868. The van der Waals surface area contributed by atoms with Gasteiger partial charge in [-0.15, -0.1) is 0 Å². The van der Waals surface area contributed by atoms with Gasteiger partial charge in [-0.2, -0.15) is 5.10 Å².